The number of benzene rings is 3. The monoisotopic (exact) mass is 667 g/mol. The number of nitrogens with two attached hydrogens (primary N) is 1. The first-order valence-corrected chi connectivity index (χ1v) is 16.3. The number of anilines is 1. The molecule has 10 nitrogen and oxygen atoms in total. The van der Waals surface area contributed by atoms with Gasteiger partial charge in [0, 0.05) is 35.0 Å². The van der Waals surface area contributed by atoms with Crippen LogP contribution in [-0.2, 0) is 20.6 Å². The highest BCUT2D eigenvalue weighted by molar-refractivity contribution is 7.88. The van der Waals surface area contributed by atoms with Gasteiger partial charge in [0.1, 0.15) is 17.3 Å². The molecule has 3 aromatic carbocycles. The van der Waals surface area contributed by atoms with Gasteiger partial charge in [-0.1, -0.05) is 42.5 Å². The van der Waals surface area contributed by atoms with Crippen molar-refractivity contribution in [2.45, 2.75) is 50.7 Å². The molecule has 0 aliphatic rings. The summed E-state index contributed by atoms with van der Waals surface area (Å²) in [6.07, 6.45) is -0.487. The van der Waals surface area contributed by atoms with Crippen LogP contribution in [0, 0.1) is 11.6 Å². The molecule has 4 aromatic rings. The molecule has 1 aromatic heterocycles. The molecule has 0 saturated carbocycles. The molecular weight excluding hydrogens is 632 g/mol. The number of carbonyl (C=O) groups is 2. The van der Waals surface area contributed by atoms with E-state index in [1.54, 1.807) is 10.6 Å². The van der Waals surface area contributed by atoms with Gasteiger partial charge in [0.15, 0.2) is 0 Å². The first-order chi connectivity index (χ1) is 22.1. The number of aliphatic hydroxyl groups is 2. The number of aromatic nitrogens is 1. The van der Waals surface area contributed by atoms with Crippen LogP contribution in [0.15, 0.2) is 78.9 Å². The Bertz CT molecular complexity index is 1870. The zero-order valence-electron chi connectivity index (χ0n) is 25.6. The van der Waals surface area contributed by atoms with Crippen molar-refractivity contribution in [2.24, 2.45) is 5.14 Å². The molecule has 0 spiro atoms. The van der Waals surface area contributed by atoms with Gasteiger partial charge in [-0.15, -0.1) is 0 Å². The van der Waals surface area contributed by atoms with Crippen molar-refractivity contribution < 1.29 is 42.1 Å². The first-order valence-electron chi connectivity index (χ1n) is 14.6. The van der Waals surface area contributed by atoms with E-state index in [0.29, 0.717) is 39.2 Å². The zero-order chi connectivity index (χ0) is 34.5. The molecular formula is C34H35F2N3O7S. The van der Waals surface area contributed by atoms with E-state index >= 15 is 0 Å². The van der Waals surface area contributed by atoms with Gasteiger partial charge >= 0.3 is 5.97 Å². The van der Waals surface area contributed by atoms with E-state index in [0.717, 1.165) is 0 Å². The van der Waals surface area contributed by atoms with E-state index < -0.39 is 52.2 Å². The summed E-state index contributed by atoms with van der Waals surface area (Å²) in [4.78, 5) is 25.2. The van der Waals surface area contributed by atoms with Crippen molar-refractivity contribution in [3.8, 4) is 22.3 Å². The molecule has 0 aliphatic carbocycles. The maximum atomic E-state index is 14.2. The third-order valence-electron chi connectivity index (χ3n) is 7.22. The van der Waals surface area contributed by atoms with Crippen LogP contribution in [0.1, 0.15) is 54.5 Å². The smallest absolute Gasteiger partial charge is 0.305 e. The summed E-state index contributed by atoms with van der Waals surface area (Å²) >= 11 is 0. The fourth-order valence-electron chi connectivity index (χ4n) is 5.29. The lowest BCUT2D eigenvalue weighted by Gasteiger charge is -2.17. The number of amides is 1. The molecule has 0 aliphatic heterocycles. The highest BCUT2D eigenvalue weighted by Crippen LogP contribution is 2.43. The van der Waals surface area contributed by atoms with Crippen molar-refractivity contribution in [1.29, 1.82) is 0 Å². The van der Waals surface area contributed by atoms with Crippen LogP contribution in [0.5, 0.6) is 0 Å². The molecule has 0 saturated heterocycles. The summed E-state index contributed by atoms with van der Waals surface area (Å²) in [6.45, 7) is 3.65. The Kier molecular flexibility index (Phi) is 11.1. The first kappa shape index (κ1) is 35.2. The summed E-state index contributed by atoms with van der Waals surface area (Å²) < 4.78 is 52.9. The topological polar surface area (TPSA) is 172 Å². The highest BCUT2D eigenvalue weighted by Gasteiger charge is 2.30. The van der Waals surface area contributed by atoms with E-state index in [1.165, 1.54) is 78.9 Å². The fraction of sp³-hybridized carbons (Fsp3) is 0.235. The Morgan fingerprint density at radius 1 is 0.894 bits per heavy atom. The van der Waals surface area contributed by atoms with E-state index in [9.17, 15) is 37.0 Å². The lowest BCUT2D eigenvalue weighted by Crippen LogP contribution is -2.20. The number of primary sulfonamides is 1. The van der Waals surface area contributed by atoms with Crippen molar-refractivity contribution >= 4 is 33.7 Å². The number of hydrogen-bond acceptors (Lipinski definition) is 6. The molecule has 13 heteroatoms. The quantitative estimate of drug-likeness (QED) is 0.128. The average Bonchev–Trinajstić information content (AvgIpc) is 3.32. The van der Waals surface area contributed by atoms with E-state index in [2.05, 4.69) is 5.32 Å². The van der Waals surface area contributed by atoms with Gasteiger partial charge in [-0.05, 0) is 73.0 Å². The average molecular weight is 668 g/mol. The largest absolute Gasteiger partial charge is 0.481 e. The van der Waals surface area contributed by atoms with Crippen molar-refractivity contribution in [3.63, 3.8) is 0 Å². The molecule has 2 atom stereocenters. The Balaban J connectivity index is 1.93. The van der Waals surface area contributed by atoms with Crippen LogP contribution < -0.4 is 10.5 Å². The minimum Gasteiger partial charge on any atom is -0.481 e. The second-order valence-electron chi connectivity index (χ2n) is 11.3. The summed E-state index contributed by atoms with van der Waals surface area (Å²) in [5.74, 6) is -3.18. The van der Waals surface area contributed by atoms with Gasteiger partial charge in [0.25, 0.3) is 5.91 Å². The number of nitrogens with zero attached hydrogens (tertiary/aromatic N) is 1. The summed E-state index contributed by atoms with van der Waals surface area (Å²) in [5, 5.41) is 37.7. The molecule has 0 bridgehead atoms. The maximum Gasteiger partial charge on any atom is 0.305 e. The number of rotatable bonds is 13. The SMILES string of the molecule is CC(C)n1c(/C=C/[C@H](O)C[C@@H](O)CC(=O)O)c(-c2ccc(F)cc2)c(-c2ccc(F)cc2)c1C(=O)Nc1ccc(CS(N)(=O)=O)cc1. The van der Waals surface area contributed by atoms with E-state index in [-0.39, 0.29) is 23.9 Å². The number of carboxylic acids is 1. The van der Waals surface area contributed by atoms with E-state index in [1.807, 2.05) is 13.8 Å². The molecule has 0 unspecified atom stereocenters. The number of carbonyl (C=O) groups excluding carboxylic acids is 1. The van der Waals surface area contributed by atoms with Gasteiger partial charge in [-0.2, -0.15) is 0 Å². The van der Waals surface area contributed by atoms with Gasteiger partial charge in [0.05, 0.1) is 24.4 Å². The van der Waals surface area contributed by atoms with Gasteiger partial charge < -0.3 is 25.2 Å². The number of hydrogen-bond donors (Lipinski definition) is 5. The fourth-order valence-corrected chi connectivity index (χ4v) is 5.95. The number of halogens is 2. The molecule has 248 valence electrons. The number of nitrogens with one attached hydrogen (secondary N) is 1. The third kappa shape index (κ3) is 9.20. The molecule has 1 heterocycles. The van der Waals surface area contributed by atoms with Crippen LogP contribution in [0.2, 0.25) is 0 Å². The summed E-state index contributed by atoms with van der Waals surface area (Å²) in [5.41, 5.74) is 3.16. The molecule has 1 amide bonds. The third-order valence-corrected chi connectivity index (χ3v) is 7.96. The lowest BCUT2D eigenvalue weighted by molar-refractivity contribution is -0.139. The normalized spacial score (nSPS) is 13.2. The molecule has 0 radical (unpaired) electrons. The minimum atomic E-state index is -3.77. The highest BCUT2D eigenvalue weighted by atomic mass is 32.2. The standard InChI is InChI=1S/C34H35F2N3O7S/c1-20(2)39-29(16-15-27(40)17-28(41)18-30(42)43)31(22-5-9-24(35)10-6-22)32(23-7-11-25(36)12-8-23)33(39)34(44)38-26-13-3-21(4-14-26)19-47(37,45)46/h3-16,20,27-28,40-41H,17-19H2,1-2H3,(H,38,44)(H,42,43)(H2,37,45,46)/b16-15+/t27-,28+/m0/s1. The molecule has 47 heavy (non-hydrogen) atoms. The number of aliphatic hydroxyl groups excluding tert-OH is 2. The second-order valence-corrected chi connectivity index (χ2v) is 12.9. The Labute approximate surface area is 270 Å². The minimum absolute atomic E-state index is 0.152. The number of sulfonamides is 1. The molecule has 4 rings (SSSR count). The van der Waals surface area contributed by atoms with Crippen LogP contribution in [0.3, 0.4) is 0 Å². The second kappa shape index (κ2) is 14.8. The van der Waals surface area contributed by atoms with Crippen LogP contribution in [0.4, 0.5) is 14.5 Å². The Hall–Kier alpha value is -4.69. The Morgan fingerprint density at radius 2 is 1.43 bits per heavy atom. The van der Waals surface area contributed by atoms with Crippen molar-refractivity contribution in [2.75, 3.05) is 5.32 Å². The van der Waals surface area contributed by atoms with Crippen LogP contribution >= 0.6 is 0 Å². The van der Waals surface area contributed by atoms with Gasteiger partial charge in [0.2, 0.25) is 10.0 Å². The number of aliphatic carboxylic acids is 1. The van der Waals surface area contributed by atoms with Crippen LogP contribution in [-0.4, -0.2) is 52.4 Å². The number of carboxylic acid groups (broad SMARTS) is 1. The van der Waals surface area contributed by atoms with Crippen molar-refractivity contribution in [1.82, 2.24) is 4.57 Å². The van der Waals surface area contributed by atoms with Crippen LogP contribution in [0.25, 0.3) is 28.3 Å². The van der Waals surface area contributed by atoms with E-state index in [4.69, 9.17) is 10.2 Å². The predicted molar refractivity (Wildman–Crippen MR) is 175 cm³/mol. The summed E-state index contributed by atoms with van der Waals surface area (Å²) in [6, 6.07) is 16.8. The Morgan fingerprint density at radius 3 is 1.91 bits per heavy atom. The predicted octanol–water partition coefficient (Wildman–Crippen LogP) is 5.32. The lowest BCUT2D eigenvalue weighted by atomic mass is 9.94. The maximum absolute atomic E-state index is 14.2. The van der Waals surface area contributed by atoms with Gasteiger partial charge in [-0.3, -0.25) is 9.59 Å². The molecule has 0 fully saturated rings. The van der Waals surface area contributed by atoms with Gasteiger partial charge in [-0.25, -0.2) is 22.3 Å². The zero-order valence-corrected chi connectivity index (χ0v) is 26.4. The summed E-state index contributed by atoms with van der Waals surface area (Å²) in [7, 11) is -3.77. The van der Waals surface area contributed by atoms with Crippen molar-refractivity contribution in [3.05, 3.63) is 107 Å². The molecule has 6 N–H and O–H groups in total.